The molecule has 0 amide bonds. The van der Waals surface area contributed by atoms with Crippen molar-refractivity contribution in [3.63, 3.8) is 0 Å². The lowest BCUT2D eigenvalue weighted by atomic mass is 10.1. The van der Waals surface area contributed by atoms with E-state index < -0.39 is 0 Å². The van der Waals surface area contributed by atoms with Crippen molar-refractivity contribution >= 4 is 22.1 Å². The van der Waals surface area contributed by atoms with Crippen molar-refractivity contribution in [2.45, 2.75) is 6.92 Å². The molecular formula is C15H10N6. The van der Waals surface area contributed by atoms with E-state index in [4.69, 9.17) is 0 Å². The third kappa shape index (κ3) is 1.97. The molecule has 0 aliphatic heterocycles. The zero-order valence-electron chi connectivity index (χ0n) is 11.2. The summed E-state index contributed by atoms with van der Waals surface area (Å²) in [5.41, 5.74) is 4.91. The van der Waals surface area contributed by atoms with Crippen LogP contribution in [0.2, 0.25) is 0 Å². The summed E-state index contributed by atoms with van der Waals surface area (Å²) in [7, 11) is 0. The van der Waals surface area contributed by atoms with Gasteiger partial charge in [-0.25, -0.2) is 4.98 Å². The van der Waals surface area contributed by atoms with Crippen LogP contribution < -0.4 is 0 Å². The van der Waals surface area contributed by atoms with Gasteiger partial charge >= 0.3 is 0 Å². The molecule has 0 aliphatic rings. The van der Waals surface area contributed by atoms with Crippen molar-refractivity contribution in [2.75, 3.05) is 0 Å². The lowest BCUT2D eigenvalue weighted by Gasteiger charge is -2.04. The molecule has 0 atom stereocenters. The van der Waals surface area contributed by atoms with Gasteiger partial charge in [0.05, 0.1) is 17.4 Å². The highest BCUT2D eigenvalue weighted by molar-refractivity contribution is 5.84. The van der Waals surface area contributed by atoms with Crippen LogP contribution in [0.15, 0.2) is 42.9 Å². The average molecular weight is 274 g/mol. The van der Waals surface area contributed by atoms with Crippen LogP contribution in [-0.2, 0) is 0 Å². The van der Waals surface area contributed by atoms with Crippen LogP contribution in [0, 0.1) is 6.92 Å². The normalized spacial score (nSPS) is 11.1. The summed E-state index contributed by atoms with van der Waals surface area (Å²) in [5, 5.41) is 17.3. The first kappa shape index (κ1) is 11.8. The van der Waals surface area contributed by atoms with E-state index in [9.17, 15) is 0 Å². The summed E-state index contributed by atoms with van der Waals surface area (Å²) < 4.78 is 0. The molecular weight excluding hydrogens is 264 g/mol. The summed E-state index contributed by atoms with van der Waals surface area (Å²) in [6.45, 7) is 2.03. The minimum Gasteiger partial charge on any atom is -0.254 e. The monoisotopic (exact) mass is 274 g/mol. The molecule has 0 N–H and O–H groups in total. The summed E-state index contributed by atoms with van der Waals surface area (Å²) in [6, 6.07) is 7.67. The molecule has 4 rings (SSSR count). The Morgan fingerprint density at radius 1 is 0.857 bits per heavy atom. The largest absolute Gasteiger partial charge is 0.254 e. The van der Waals surface area contributed by atoms with Gasteiger partial charge in [-0.3, -0.25) is 4.98 Å². The van der Waals surface area contributed by atoms with Gasteiger partial charge in [0.2, 0.25) is 0 Å². The molecule has 100 valence electrons. The van der Waals surface area contributed by atoms with Crippen LogP contribution in [0.4, 0.5) is 0 Å². The van der Waals surface area contributed by atoms with Crippen LogP contribution in [0.25, 0.3) is 33.3 Å². The van der Waals surface area contributed by atoms with Gasteiger partial charge in [0.1, 0.15) is 5.52 Å². The number of rotatable bonds is 1. The SMILES string of the molecule is Cc1ccnc2nnc(-c3cnc4ccnnc4c3)cc12. The first-order chi connectivity index (χ1) is 10.3. The second-order valence-corrected chi connectivity index (χ2v) is 4.75. The maximum absolute atomic E-state index is 4.37. The van der Waals surface area contributed by atoms with Gasteiger partial charge < -0.3 is 0 Å². The first-order valence-corrected chi connectivity index (χ1v) is 6.48. The molecule has 0 radical (unpaired) electrons. The van der Waals surface area contributed by atoms with E-state index in [-0.39, 0.29) is 0 Å². The fraction of sp³-hybridized carbons (Fsp3) is 0.0667. The third-order valence-corrected chi connectivity index (χ3v) is 3.38. The van der Waals surface area contributed by atoms with E-state index in [1.54, 1.807) is 18.6 Å². The Bertz CT molecular complexity index is 966. The Hall–Kier alpha value is -3.02. The van der Waals surface area contributed by atoms with E-state index >= 15 is 0 Å². The standard InChI is InChI=1S/C15H10N6/c1-9-2-4-16-15-11(9)7-13(20-21-15)10-6-14-12(17-8-10)3-5-18-19-14/h2-8H,1H3. The number of hydrogen-bond donors (Lipinski definition) is 0. The smallest absolute Gasteiger partial charge is 0.182 e. The Kier molecular flexibility index (Phi) is 2.53. The topological polar surface area (TPSA) is 77.3 Å². The Balaban J connectivity index is 1.93. The summed E-state index contributed by atoms with van der Waals surface area (Å²) in [6.07, 6.45) is 5.13. The zero-order chi connectivity index (χ0) is 14.2. The van der Waals surface area contributed by atoms with Gasteiger partial charge in [-0.15, -0.1) is 15.3 Å². The molecule has 0 unspecified atom stereocenters. The molecule has 0 saturated heterocycles. The molecule has 6 nitrogen and oxygen atoms in total. The molecule has 4 aromatic rings. The van der Waals surface area contributed by atoms with Crippen molar-refractivity contribution < 1.29 is 0 Å². The average Bonchev–Trinajstić information content (AvgIpc) is 2.54. The van der Waals surface area contributed by atoms with E-state index in [2.05, 4.69) is 30.4 Å². The second kappa shape index (κ2) is 4.52. The van der Waals surface area contributed by atoms with E-state index in [0.717, 1.165) is 33.2 Å². The van der Waals surface area contributed by atoms with Crippen LogP contribution >= 0.6 is 0 Å². The maximum Gasteiger partial charge on any atom is 0.182 e. The lowest BCUT2D eigenvalue weighted by molar-refractivity contribution is 1.05. The number of hydrogen-bond acceptors (Lipinski definition) is 6. The van der Waals surface area contributed by atoms with Crippen molar-refractivity contribution in [1.29, 1.82) is 0 Å². The van der Waals surface area contributed by atoms with E-state index in [1.165, 1.54) is 0 Å². The summed E-state index contributed by atoms with van der Waals surface area (Å²) in [5.74, 6) is 0. The molecule has 0 aromatic carbocycles. The molecule has 4 aromatic heterocycles. The lowest BCUT2D eigenvalue weighted by Crippen LogP contribution is -1.94. The maximum atomic E-state index is 4.37. The van der Waals surface area contributed by atoms with Crippen LogP contribution in [0.3, 0.4) is 0 Å². The fourth-order valence-electron chi connectivity index (χ4n) is 2.23. The van der Waals surface area contributed by atoms with Crippen LogP contribution in [-0.4, -0.2) is 30.4 Å². The highest BCUT2D eigenvalue weighted by Crippen LogP contribution is 2.22. The predicted molar refractivity (Wildman–Crippen MR) is 78.4 cm³/mol. The Morgan fingerprint density at radius 3 is 2.76 bits per heavy atom. The van der Waals surface area contributed by atoms with Crippen LogP contribution in [0.1, 0.15) is 5.56 Å². The molecule has 0 fully saturated rings. The molecule has 4 heterocycles. The number of aromatic nitrogens is 6. The Morgan fingerprint density at radius 2 is 1.81 bits per heavy atom. The summed E-state index contributed by atoms with van der Waals surface area (Å²) >= 11 is 0. The van der Waals surface area contributed by atoms with Gasteiger partial charge in [0, 0.05) is 23.3 Å². The van der Waals surface area contributed by atoms with E-state index in [1.807, 2.05) is 31.2 Å². The van der Waals surface area contributed by atoms with Gasteiger partial charge in [0.25, 0.3) is 0 Å². The molecule has 0 bridgehead atoms. The minimum absolute atomic E-state index is 0.646. The second-order valence-electron chi connectivity index (χ2n) is 4.75. The molecule has 6 heteroatoms. The highest BCUT2D eigenvalue weighted by Gasteiger charge is 2.07. The predicted octanol–water partition coefficient (Wildman–Crippen LogP) is 2.34. The van der Waals surface area contributed by atoms with Crippen molar-refractivity contribution in [1.82, 2.24) is 30.4 Å². The molecule has 21 heavy (non-hydrogen) atoms. The van der Waals surface area contributed by atoms with Gasteiger partial charge in [-0.1, -0.05) is 0 Å². The number of aryl methyl sites for hydroxylation is 1. The third-order valence-electron chi connectivity index (χ3n) is 3.38. The number of pyridine rings is 2. The molecule has 0 spiro atoms. The Labute approximate surface area is 119 Å². The van der Waals surface area contributed by atoms with Crippen molar-refractivity contribution in [2.24, 2.45) is 0 Å². The fourth-order valence-corrected chi connectivity index (χ4v) is 2.23. The molecule has 0 aliphatic carbocycles. The van der Waals surface area contributed by atoms with Gasteiger partial charge in [-0.2, -0.15) is 5.10 Å². The first-order valence-electron chi connectivity index (χ1n) is 6.48. The summed E-state index contributed by atoms with van der Waals surface area (Å²) in [4.78, 5) is 8.59. The van der Waals surface area contributed by atoms with E-state index in [0.29, 0.717) is 5.65 Å². The number of nitrogens with zero attached hydrogens (tertiary/aromatic N) is 6. The molecule has 0 saturated carbocycles. The van der Waals surface area contributed by atoms with Gasteiger partial charge in [0.15, 0.2) is 5.65 Å². The zero-order valence-corrected chi connectivity index (χ0v) is 11.2. The highest BCUT2D eigenvalue weighted by atomic mass is 15.1. The van der Waals surface area contributed by atoms with Crippen molar-refractivity contribution in [3.8, 4) is 11.3 Å². The van der Waals surface area contributed by atoms with Crippen molar-refractivity contribution in [3.05, 3.63) is 48.4 Å². The minimum atomic E-state index is 0.646. The number of fused-ring (bicyclic) bond motifs is 2. The van der Waals surface area contributed by atoms with Crippen LogP contribution in [0.5, 0.6) is 0 Å². The van der Waals surface area contributed by atoms with Gasteiger partial charge in [-0.05, 0) is 36.8 Å². The quantitative estimate of drug-likeness (QED) is 0.530.